The Hall–Kier alpha value is -2.55. The molecule has 3 nitrogen and oxygen atoms in total. The molecule has 0 radical (unpaired) electrons. The molecule has 2 N–H and O–H groups in total. The van der Waals surface area contributed by atoms with Crippen molar-refractivity contribution in [1.82, 2.24) is 5.32 Å². The summed E-state index contributed by atoms with van der Waals surface area (Å²) in [6, 6.07) is 13.2. The van der Waals surface area contributed by atoms with Crippen LogP contribution in [0.15, 0.2) is 48.5 Å². The molecule has 0 spiro atoms. The number of hydrogen-bond donors (Lipinski definition) is 2. The molecule has 2 rings (SSSR count). The number of allylic oxidation sites excluding steroid dienone is 1. The predicted molar refractivity (Wildman–Crippen MR) is 89.5 cm³/mol. The minimum atomic E-state index is -0.0949. The fourth-order valence-corrected chi connectivity index (χ4v) is 2.39. The third kappa shape index (κ3) is 3.55. The van der Waals surface area contributed by atoms with Crippen LogP contribution in [-0.2, 0) is 11.3 Å². The molecule has 1 amide bonds. The van der Waals surface area contributed by atoms with Gasteiger partial charge in [-0.25, -0.2) is 0 Å². The summed E-state index contributed by atoms with van der Waals surface area (Å²) in [5.41, 5.74) is 4.46. The zero-order valence-corrected chi connectivity index (χ0v) is 13.2. The van der Waals surface area contributed by atoms with Gasteiger partial charge in [-0.15, -0.1) is 0 Å². The van der Waals surface area contributed by atoms with E-state index >= 15 is 0 Å². The molecule has 3 heteroatoms. The summed E-state index contributed by atoms with van der Waals surface area (Å²) in [6.07, 6.45) is 1.83. The van der Waals surface area contributed by atoms with E-state index in [1.165, 1.54) is 0 Å². The maximum Gasteiger partial charge on any atom is 0.251 e. The third-order valence-electron chi connectivity index (χ3n) is 3.68. The number of rotatable bonds is 4. The Kier molecular flexibility index (Phi) is 4.99. The van der Waals surface area contributed by atoms with Crippen molar-refractivity contribution in [1.29, 1.82) is 0 Å². The van der Waals surface area contributed by atoms with Gasteiger partial charge in [0.1, 0.15) is 5.75 Å². The second-order valence-corrected chi connectivity index (χ2v) is 5.32. The molecule has 2 aromatic rings. The van der Waals surface area contributed by atoms with Gasteiger partial charge in [0.25, 0.3) is 5.91 Å². The topological polar surface area (TPSA) is 49.3 Å². The first-order chi connectivity index (χ1) is 10.5. The summed E-state index contributed by atoms with van der Waals surface area (Å²) in [5, 5.41) is 12.5. The van der Waals surface area contributed by atoms with Crippen LogP contribution in [0.3, 0.4) is 0 Å². The van der Waals surface area contributed by atoms with Crippen LogP contribution in [0.2, 0.25) is 0 Å². The van der Waals surface area contributed by atoms with Crippen LogP contribution in [0.1, 0.15) is 29.2 Å². The first kappa shape index (κ1) is 15.8. The largest absolute Gasteiger partial charge is 0.508 e. The van der Waals surface area contributed by atoms with Crippen LogP contribution in [0.25, 0.3) is 5.57 Å². The van der Waals surface area contributed by atoms with Crippen molar-refractivity contribution < 1.29 is 9.90 Å². The van der Waals surface area contributed by atoms with Crippen molar-refractivity contribution in [3.63, 3.8) is 0 Å². The molecule has 0 fully saturated rings. The van der Waals surface area contributed by atoms with E-state index in [2.05, 4.69) is 5.32 Å². The minimum Gasteiger partial charge on any atom is -0.508 e. The van der Waals surface area contributed by atoms with Crippen LogP contribution in [0, 0.1) is 13.8 Å². The number of carbonyl (C=O) groups excluding carboxylic acids is 1. The smallest absolute Gasteiger partial charge is 0.251 e. The molecule has 0 saturated heterocycles. The Labute approximate surface area is 131 Å². The Balaban J connectivity index is 2.11. The van der Waals surface area contributed by atoms with E-state index < -0.39 is 0 Å². The number of nitrogens with one attached hydrogen (secondary N) is 1. The summed E-state index contributed by atoms with van der Waals surface area (Å²) in [7, 11) is 0. The molecule has 0 atom stereocenters. The van der Waals surface area contributed by atoms with Crippen LogP contribution in [0.4, 0.5) is 0 Å². The Bertz CT molecular complexity index is 717. The van der Waals surface area contributed by atoms with Gasteiger partial charge in [-0.2, -0.15) is 0 Å². The van der Waals surface area contributed by atoms with Crippen molar-refractivity contribution in [2.45, 2.75) is 27.3 Å². The third-order valence-corrected chi connectivity index (χ3v) is 3.68. The molecule has 114 valence electrons. The van der Waals surface area contributed by atoms with Crippen LogP contribution in [0.5, 0.6) is 5.75 Å². The molecule has 0 unspecified atom stereocenters. The number of aryl methyl sites for hydroxylation is 2. The maximum absolute atomic E-state index is 12.4. The second kappa shape index (κ2) is 6.94. The number of phenols is 1. The monoisotopic (exact) mass is 295 g/mol. The number of benzene rings is 2. The van der Waals surface area contributed by atoms with E-state index in [4.69, 9.17) is 0 Å². The number of hydrogen-bond acceptors (Lipinski definition) is 2. The lowest BCUT2D eigenvalue weighted by Gasteiger charge is -2.12. The van der Waals surface area contributed by atoms with Crippen LogP contribution < -0.4 is 5.32 Å². The molecule has 0 saturated carbocycles. The Morgan fingerprint density at radius 3 is 2.50 bits per heavy atom. The summed E-state index contributed by atoms with van der Waals surface area (Å²) in [5.74, 6) is 0.173. The van der Waals surface area contributed by atoms with E-state index in [0.717, 1.165) is 22.3 Å². The predicted octanol–water partition coefficient (Wildman–Crippen LogP) is 3.73. The average molecular weight is 295 g/mol. The number of amides is 1. The second-order valence-electron chi connectivity index (χ2n) is 5.32. The summed E-state index contributed by atoms with van der Waals surface area (Å²) in [4.78, 5) is 12.4. The number of aromatic hydroxyl groups is 1. The van der Waals surface area contributed by atoms with Crippen molar-refractivity contribution in [3.05, 3.63) is 70.8 Å². The molecular weight excluding hydrogens is 274 g/mol. The van der Waals surface area contributed by atoms with Gasteiger partial charge in [0.05, 0.1) is 0 Å². The Morgan fingerprint density at radius 2 is 1.86 bits per heavy atom. The summed E-state index contributed by atoms with van der Waals surface area (Å²) in [6.45, 7) is 6.13. The first-order valence-electron chi connectivity index (χ1n) is 7.32. The summed E-state index contributed by atoms with van der Waals surface area (Å²) >= 11 is 0. The quantitative estimate of drug-likeness (QED) is 0.844. The Morgan fingerprint density at radius 1 is 1.14 bits per heavy atom. The lowest BCUT2D eigenvalue weighted by atomic mass is 10.00. The lowest BCUT2D eigenvalue weighted by Crippen LogP contribution is -2.24. The highest BCUT2D eigenvalue weighted by atomic mass is 16.3. The SMILES string of the molecule is C/C=C(/C(=O)NCc1ccc(O)c(C)c1)c1ccccc1C. The zero-order chi connectivity index (χ0) is 16.1. The van der Waals surface area contributed by atoms with E-state index in [1.54, 1.807) is 6.07 Å². The molecule has 0 heterocycles. The highest BCUT2D eigenvalue weighted by Gasteiger charge is 2.12. The van der Waals surface area contributed by atoms with Crippen LogP contribution >= 0.6 is 0 Å². The van der Waals surface area contributed by atoms with Gasteiger partial charge in [-0.3, -0.25) is 4.79 Å². The molecule has 0 aliphatic carbocycles. The maximum atomic E-state index is 12.4. The van der Waals surface area contributed by atoms with Crippen molar-refractivity contribution in [3.8, 4) is 5.75 Å². The van der Waals surface area contributed by atoms with Gasteiger partial charge < -0.3 is 10.4 Å². The molecule has 2 aromatic carbocycles. The van der Waals surface area contributed by atoms with Gasteiger partial charge in [0.2, 0.25) is 0 Å². The van der Waals surface area contributed by atoms with Gasteiger partial charge in [0.15, 0.2) is 0 Å². The molecule has 0 aliphatic heterocycles. The minimum absolute atomic E-state index is 0.0949. The lowest BCUT2D eigenvalue weighted by molar-refractivity contribution is -0.115. The fraction of sp³-hybridized carbons (Fsp3) is 0.211. The highest BCUT2D eigenvalue weighted by molar-refractivity contribution is 6.19. The van der Waals surface area contributed by atoms with Gasteiger partial charge in [-0.05, 0) is 49.1 Å². The standard InChI is InChI=1S/C19H21NO2/c1-4-16(17-8-6-5-7-13(17)2)19(22)20-12-15-9-10-18(21)14(3)11-15/h4-11,21H,12H2,1-3H3,(H,20,22)/b16-4+. The van der Waals surface area contributed by atoms with Gasteiger partial charge in [0, 0.05) is 12.1 Å². The van der Waals surface area contributed by atoms with Gasteiger partial charge >= 0.3 is 0 Å². The average Bonchev–Trinajstić information content (AvgIpc) is 2.51. The van der Waals surface area contributed by atoms with E-state index in [9.17, 15) is 9.90 Å². The van der Waals surface area contributed by atoms with Gasteiger partial charge in [-0.1, -0.05) is 42.5 Å². The molecule has 0 bridgehead atoms. The number of carbonyl (C=O) groups is 1. The highest BCUT2D eigenvalue weighted by Crippen LogP contribution is 2.20. The first-order valence-corrected chi connectivity index (χ1v) is 7.32. The number of phenolic OH excluding ortho intramolecular Hbond substituents is 1. The molecular formula is C19H21NO2. The molecule has 22 heavy (non-hydrogen) atoms. The van der Waals surface area contributed by atoms with E-state index in [1.807, 2.05) is 63.2 Å². The van der Waals surface area contributed by atoms with Crippen molar-refractivity contribution in [2.75, 3.05) is 0 Å². The summed E-state index contributed by atoms with van der Waals surface area (Å²) < 4.78 is 0. The zero-order valence-electron chi connectivity index (χ0n) is 13.2. The van der Waals surface area contributed by atoms with Crippen molar-refractivity contribution >= 4 is 11.5 Å². The van der Waals surface area contributed by atoms with Crippen molar-refractivity contribution in [2.24, 2.45) is 0 Å². The van der Waals surface area contributed by atoms with E-state index in [-0.39, 0.29) is 11.7 Å². The van der Waals surface area contributed by atoms with E-state index in [0.29, 0.717) is 12.1 Å². The van der Waals surface area contributed by atoms with Crippen LogP contribution in [-0.4, -0.2) is 11.0 Å². The molecule has 0 aromatic heterocycles. The normalized spacial score (nSPS) is 11.3. The molecule has 0 aliphatic rings. The fourth-order valence-electron chi connectivity index (χ4n) is 2.39.